The molecule has 1 amide bonds. The molecule has 0 aliphatic heterocycles. The SMILES string of the molecule is CC(NC[C@H]1CC[C@H](NC(=O)c2cnc3cc(OC(F)F)c(F)cc3c2)CC1)C(F)F. The summed E-state index contributed by atoms with van der Waals surface area (Å²) in [5.41, 5.74) is 0.448. The van der Waals surface area contributed by atoms with E-state index in [2.05, 4.69) is 20.4 Å². The van der Waals surface area contributed by atoms with Gasteiger partial charge in [-0.25, -0.2) is 13.2 Å². The van der Waals surface area contributed by atoms with Crippen LogP contribution in [0.1, 0.15) is 43.0 Å². The number of fused-ring (bicyclic) bond motifs is 1. The number of hydrogen-bond donors (Lipinski definition) is 2. The Kier molecular flexibility index (Phi) is 7.64. The molecule has 1 unspecified atom stereocenters. The topological polar surface area (TPSA) is 63.2 Å². The summed E-state index contributed by atoms with van der Waals surface area (Å²) in [5, 5.41) is 6.05. The number of ether oxygens (including phenoxy) is 1. The molecule has 1 saturated carbocycles. The number of aromatic nitrogens is 1. The molecule has 1 aromatic heterocycles. The molecule has 1 fully saturated rings. The van der Waals surface area contributed by atoms with Gasteiger partial charge in [0.05, 0.1) is 17.1 Å². The fourth-order valence-corrected chi connectivity index (χ4v) is 3.66. The Morgan fingerprint density at radius 1 is 1.16 bits per heavy atom. The molecule has 1 atom stereocenters. The van der Waals surface area contributed by atoms with E-state index >= 15 is 0 Å². The van der Waals surface area contributed by atoms with E-state index in [1.54, 1.807) is 0 Å². The zero-order valence-electron chi connectivity index (χ0n) is 16.9. The lowest BCUT2D eigenvalue weighted by molar-refractivity contribution is -0.0520. The minimum Gasteiger partial charge on any atom is -0.432 e. The predicted octanol–water partition coefficient (Wildman–Crippen LogP) is 4.51. The van der Waals surface area contributed by atoms with E-state index in [-0.39, 0.29) is 34.3 Å². The molecule has 1 aliphatic rings. The van der Waals surface area contributed by atoms with Gasteiger partial charge in [-0.1, -0.05) is 0 Å². The van der Waals surface area contributed by atoms with Gasteiger partial charge in [0.25, 0.3) is 12.3 Å². The van der Waals surface area contributed by atoms with E-state index in [0.29, 0.717) is 6.54 Å². The van der Waals surface area contributed by atoms with Crippen LogP contribution >= 0.6 is 0 Å². The van der Waals surface area contributed by atoms with Gasteiger partial charge in [-0.2, -0.15) is 8.78 Å². The molecule has 10 heteroatoms. The Morgan fingerprint density at radius 2 is 1.87 bits per heavy atom. The summed E-state index contributed by atoms with van der Waals surface area (Å²) in [6, 6.07) is 2.60. The maximum atomic E-state index is 13.9. The van der Waals surface area contributed by atoms with Gasteiger partial charge in [-0.15, -0.1) is 0 Å². The number of carbonyl (C=O) groups is 1. The molecular weight excluding hydrogens is 421 g/mol. The third-order valence-corrected chi connectivity index (χ3v) is 5.50. The lowest BCUT2D eigenvalue weighted by atomic mass is 9.85. The number of nitrogens with one attached hydrogen (secondary N) is 2. The Bertz CT molecular complexity index is 904. The molecule has 0 saturated heterocycles. The molecular formula is C21H24F5N3O2. The van der Waals surface area contributed by atoms with Crippen LogP contribution in [0.3, 0.4) is 0 Å². The van der Waals surface area contributed by atoms with Crippen LogP contribution in [0.25, 0.3) is 10.9 Å². The first-order chi connectivity index (χ1) is 14.7. The third kappa shape index (κ3) is 6.25. The highest BCUT2D eigenvalue weighted by Crippen LogP contribution is 2.27. The number of pyridine rings is 1. The molecule has 2 N–H and O–H groups in total. The van der Waals surface area contributed by atoms with E-state index in [1.165, 1.54) is 19.2 Å². The minimum absolute atomic E-state index is 0.0504. The summed E-state index contributed by atoms with van der Waals surface area (Å²) in [4.78, 5) is 16.6. The van der Waals surface area contributed by atoms with Crippen molar-refractivity contribution in [3.63, 3.8) is 0 Å². The molecule has 1 heterocycles. The Balaban J connectivity index is 1.56. The van der Waals surface area contributed by atoms with Gasteiger partial charge in [-0.3, -0.25) is 9.78 Å². The Labute approximate surface area is 176 Å². The first kappa shape index (κ1) is 23.2. The lowest BCUT2D eigenvalue weighted by Crippen LogP contribution is -2.41. The highest BCUT2D eigenvalue weighted by atomic mass is 19.3. The second-order valence-electron chi connectivity index (χ2n) is 7.80. The molecule has 0 bridgehead atoms. The third-order valence-electron chi connectivity index (χ3n) is 5.50. The maximum Gasteiger partial charge on any atom is 0.387 e. The number of hydrogen-bond acceptors (Lipinski definition) is 4. The normalized spacial score (nSPS) is 20.3. The van der Waals surface area contributed by atoms with Gasteiger partial charge >= 0.3 is 6.61 Å². The predicted molar refractivity (Wildman–Crippen MR) is 105 cm³/mol. The summed E-state index contributed by atoms with van der Waals surface area (Å²) < 4.78 is 67.9. The summed E-state index contributed by atoms with van der Waals surface area (Å²) in [7, 11) is 0. The van der Waals surface area contributed by atoms with Gasteiger partial charge in [-0.05, 0) is 57.2 Å². The number of carbonyl (C=O) groups excluding carboxylic acids is 1. The highest BCUT2D eigenvalue weighted by Gasteiger charge is 2.24. The molecule has 1 aliphatic carbocycles. The fourth-order valence-electron chi connectivity index (χ4n) is 3.66. The van der Waals surface area contributed by atoms with E-state index in [0.717, 1.165) is 37.8 Å². The first-order valence-electron chi connectivity index (χ1n) is 10.1. The molecule has 1 aromatic carbocycles. The van der Waals surface area contributed by atoms with Crippen LogP contribution in [0.2, 0.25) is 0 Å². The second-order valence-corrected chi connectivity index (χ2v) is 7.80. The van der Waals surface area contributed by atoms with Crippen LogP contribution in [-0.2, 0) is 0 Å². The molecule has 0 radical (unpaired) electrons. The van der Waals surface area contributed by atoms with Crippen LogP contribution in [0, 0.1) is 11.7 Å². The van der Waals surface area contributed by atoms with Crippen LogP contribution in [-0.4, -0.2) is 42.6 Å². The zero-order valence-corrected chi connectivity index (χ0v) is 16.9. The highest BCUT2D eigenvalue weighted by molar-refractivity contribution is 5.97. The van der Waals surface area contributed by atoms with Crippen molar-refractivity contribution < 1.29 is 31.5 Å². The number of alkyl halides is 4. The smallest absolute Gasteiger partial charge is 0.387 e. The largest absolute Gasteiger partial charge is 0.432 e. The Hall–Kier alpha value is -2.49. The fraction of sp³-hybridized carbons (Fsp3) is 0.524. The molecule has 170 valence electrons. The Morgan fingerprint density at radius 3 is 2.52 bits per heavy atom. The van der Waals surface area contributed by atoms with Gasteiger partial charge in [0, 0.05) is 23.7 Å². The van der Waals surface area contributed by atoms with Crippen molar-refractivity contribution in [1.82, 2.24) is 15.6 Å². The number of benzene rings is 1. The average molecular weight is 445 g/mol. The van der Waals surface area contributed by atoms with Crippen molar-refractivity contribution in [2.45, 2.75) is 57.7 Å². The van der Waals surface area contributed by atoms with Crippen molar-refractivity contribution >= 4 is 16.8 Å². The van der Waals surface area contributed by atoms with Gasteiger partial charge in [0.15, 0.2) is 11.6 Å². The number of halogens is 5. The monoisotopic (exact) mass is 445 g/mol. The first-order valence-corrected chi connectivity index (χ1v) is 10.1. The van der Waals surface area contributed by atoms with Gasteiger partial charge in [0.2, 0.25) is 0 Å². The van der Waals surface area contributed by atoms with Crippen molar-refractivity contribution in [2.75, 3.05) is 6.54 Å². The van der Waals surface area contributed by atoms with Crippen molar-refractivity contribution in [1.29, 1.82) is 0 Å². The van der Waals surface area contributed by atoms with E-state index in [1.807, 2.05) is 0 Å². The van der Waals surface area contributed by atoms with Crippen LogP contribution in [0.15, 0.2) is 24.4 Å². The van der Waals surface area contributed by atoms with Crippen LogP contribution < -0.4 is 15.4 Å². The molecule has 2 aromatic rings. The summed E-state index contributed by atoms with van der Waals surface area (Å²) >= 11 is 0. The lowest BCUT2D eigenvalue weighted by Gasteiger charge is -2.30. The standard InChI is InChI=1S/C21H24F5N3O2/c1-11(19(23)24)27-9-12-2-4-15(5-3-12)29-20(30)14-6-13-7-16(22)18(31-21(25)26)8-17(13)28-10-14/h6-8,10-12,15,19,21,27H,2-5,9H2,1H3,(H,29,30)/t11?,12-,15-. The van der Waals surface area contributed by atoms with Crippen molar-refractivity contribution in [3.05, 3.63) is 35.8 Å². The average Bonchev–Trinajstić information content (AvgIpc) is 2.72. The van der Waals surface area contributed by atoms with E-state index < -0.39 is 30.6 Å². The van der Waals surface area contributed by atoms with Crippen molar-refractivity contribution in [3.8, 4) is 5.75 Å². The van der Waals surface area contributed by atoms with Gasteiger partial charge in [0.1, 0.15) is 0 Å². The van der Waals surface area contributed by atoms with E-state index in [4.69, 9.17) is 0 Å². The van der Waals surface area contributed by atoms with Gasteiger partial charge < -0.3 is 15.4 Å². The summed E-state index contributed by atoms with van der Waals surface area (Å²) in [6.07, 6.45) is 1.96. The number of amides is 1. The van der Waals surface area contributed by atoms with Crippen LogP contribution in [0.4, 0.5) is 22.0 Å². The van der Waals surface area contributed by atoms with E-state index in [9.17, 15) is 26.7 Å². The van der Waals surface area contributed by atoms with Crippen LogP contribution in [0.5, 0.6) is 5.75 Å². The molecule has 3 rings (SSSR count). The molecule has 5 nitrogen and oxygen atoms in total. The maximum absolute atomic E-state index is 13.9. The second kappa shape index (κ2) is 10.2. The summed E-state index contributed by atoms with van der Waals surface area (Å²) in [5.74, 6) is -1.67. The number of rotatable bonds is 8. The quantitative estimate of drug-likeness (QED) is 0.587. The van der Waals surface area contributed by atoms with Crippen molar-refractivity contribution in [2.24, 2.45) is 5.92 Å². The number of nitrogens with zero attached hydrogens (tertiary/aromatic N) is 1. The zero-order chi connectivity index (χ0) is 22.5. The molecule has 0 spiro atoms. The minimum atomic E-state index is -3.16. The molecule has 31 heavy (non-hydrogen) atoms. The summed E-state index contributed by atoms with van der Waals surface area (Å²) in [6.45, 7) is -1.19.